The van der Waals surface area contributed by atoms with Crippen molar-refractivity contribution < 1.29 is 0 Å². The van der Waals surface area contributed by atoms with Gasteiger partial charge in [0.25, 0.3) is 0 Å². The Labute approximate surface area is 101 Å². The number of hydrogen-bond donors (Lipinski definition) is 1. The van der Waals surface area contributed by atoms with E-state index >= 15 is 0 Å². The van der Waals surface area contributed by atoms with Gasteiger partial charge in [0.05, 0.1) is 6.54 Å². The second-order valence-electron chi connectivity index (χ2n) is 4.20. The van der Waals surface area contributed by atoms with Crippen molar-refractivity contribution >= 4 is 0 Å². The zero-order valence-corrected chi connectivity index (χ0v) is 10.6. The van der Waals surface area contributed by atoms with Crippen LogP contribution in [0.15, 0.2) is 24.7 Å². The van der Waals surface area contributed by atoms with E-state index in [0.29, 0.717) is 6.04 Å². The summed E-state index contributed by atoms with van der Waals surface area (Å²) in [6, 6.07) is 4.56. The minimum Gasteiger partial charge on any atom is -0.342 e. The molecule has 2 aromatic heterocycles. The average molecular weight is 233 g/mol. The van der Waals surface area contributed by atoms with E-state index in [1.807, 2.05) is 11.6 Å². The van der Waals surface area contributed by atoms with Gasteiger partial charge in [0.2, 0.25) is 0 Å². The van der Waals surface area contributed by atoms with Crippen molar-refractivity contribution in [1.82, 2.24) is 24.6 Å². The van der Waals surface area contributed by atoms with Crippen LogP contribution in [0.1, 0.15) is 31.4 Å². The monoisotopic (exact) mass is 233 g/mol. The van der Waals surface area contributed by atoms with Gasteiger partial charge in [0.1, 0.15) is 6.33 Å². The van der Waals surface area contributed by atoms with E-state index in [1.165, 1.54) is 5.69 Å². The molecule has 2 heterocycles. The lowest BCUT2D eigenvalue weighted by atomic mass is 10.2. The number of nitrogens with one attached hydrogen (secondary N) is 1. The summed E-state index contributed by atoms with van der Waals surface area (Å²) in [5.74, 6) is 0.964. The first-order chi connectivity index (χ1) is 8.22. The Kier molecular flexibility index (Phi) is 3.58. The molecule has 0 aliphatic heterocycles. The maximum Gasteiger partial charge on any atom is 0.152 e. The van der Waals surface area contributed by atoms with Gasteiger partial charge in [-0.1, -0.05) is 6.92 Å². The van der Waals surface area contributed by atoms with Crippen LogP contribution < -0.4 is 5.32 Å². The summed E-state index contributed by atoms with van der Waals surface area (Å²) < 4.78 is 4.15. The van der Waals surface area contributed by atoms with Gasteiger partial charge in [-0.3, -0.25) is 0 Å². The molecule has 2 aromatic rings. The van der Waals surface area contributed by atoms with Crippen molar-refractivity contribution in [2.45, 2.75) is 26.4 Å². The molecule has 2 rings (SSSR count). The normalized spacial score (nSPS) is 12.9. The summed E-state index contributed by atoms with van der Waals surface area (Å²) in [6.45, 7) is 6.02. The van der Waals surface area contributed by atoms with Crippen LogP contribution in [0.2, 0.25) is 0 Å². The van der Waals surface area contributed by atoms with Crippen molar-refractivity contribution in [3.63, 3.8) is 0 Å². The lowest BCUT2D eigenvalue weighted by Crippen LogP contribution is -2.21. The first-order valence-electron chi connectivity index (χ1n) is 5.93. The highest BCUT2D eigenvalue weighted by atomic mass is 15.3. The summed E-state index contributed by atoms with van der Waals surface area (Å²) in [4.78, 5) is 0. The third-order valence-corrected chi connectivity index (χ3v) is 2.94. The van der Waals surface area contributed by atoms with Crippen molar-refractivity contribution in [3.8, 4) is 0 Å². The van der Waals surface area contributed by atoms with Gasteiger partial charge in [-0.2, -0.15) is 0 Å². The van der Waals surface area contributed by atoms with Crippen molar-refractivity contribution in [2.75, 3.05) is 6.54 Å². The highest BCUT2D eigenvalue weighted by molar-refractivity contribution is 5.12. The van der Waals surface area contributed by atoms with Gasteiger partial charge >= 0.3 is 0 Å². The van der Waals surface area contributed by atoms with Crippen LogP contribution >= 0.6 is 0 Å². The van der Waals surface area contributed by atoms with E-state index < -0.39 is 0 Å². The molecule has 17 heavy (non-hydrogen) atoms. The largest absolute Gasteiger partial charge is 0.342 e. The number of aryl methyl sites for hydroxylation is 1. The average Bonchev–Trinajstić information content (AvgIpc) is 2.90. The quantitative estimate of drug-likeness (QED) is 0.847. The Morgan fingerprint density at radius 2 is 2.29 bits per heavy atom. The summed E-state index contributed by atoms with van der Waals surface area (Å²) in [6.07, 6.45) is 3.81. The lowest BCUT2D eigenvalue weighted by molar-refractivity contribution is 0.545. The molecular formula is C12H19N5. The molecule has 92 valence electrons. The molecule has 5 heteroatoms. The van der Waals surface area contributed by atoms with Gasteiger partial charge in [-0.05, 0) is 25.6 Å². The van der Waals surface area contributed by atoms with Crippen LogP contribution in [-0.4, -0.2) is 25.9 Å². The highest BCUT2D eigenvalue weighted by Gasteiger charge is 2.10. The Morgan fingerprint density at radius 3 is 2.94 bits per heavy atom. The Bertz CT molecular complexity index is 471. The van der Waals surface area contributed by atoms with E-state index in [2.05, 4.69) is 52.3 Å². The summed E-state index contributed by atoms with van der Waals surface area (Å²) in [7, 11) is 1.96. The van der Waals surface area contributed by atoms with Crippen LogP contribution in [0.25, 0.3) is 0 Å². The van der Waals surface area contributed by atoms with E-state index in [0.717, 1.165) is 18.9 Å². The third-order valence-electron chi connectivity index (χ3n) is 2.94. The fourth-order valence-corrected chi connectivity index (χ4v) is 1.98. The summed E-state index contributed by atoms with van der Waals surface area (Å²) >= 11 is 0. The molecule has 0 aromatic carbocycles. The fraction of sp³-hybridized carbons (Fsp3) is 0.500. The molecule has 0 bridgehead atoms. The van der Waals surface area contributed by atoms with Crippen molar-refractivity contribution in [3.05, 3.63) is 36.2 Å². The smallest absolute Gasteiger partial charge is 0.152 e. The standard InChI is InChI=1S/C12H19N5/c1-4-13-10(2)11-6-5-7-17(11)8-12-15-14-9-16(12)3/h5-7,9-10,13H,4,8H2,1-3H3. The van der Waals surface area contributed by atoms with E-state index in [1.54, 1.807) is 6.33 Å². The van der Waals surface area contributed by atoms with Crippen molar-refractivity contribution in [1.29, 1.82) is 0 Å². The van der Waals surface area contributed by atoms with Crippen LogP contribution in [0.5, 0.6) is 0 Å². The van der Waals surface area contributed by atoms with Gasteiger partial charge < -0.3 is 14.5 Å². The maximum absolute atomic E-state index is 4.11. The second kappa shape index (κ2) is 5.14. The predicted molar refractivity (Wildman–Crippen MR) is 66.6 cm³/mol. The first kappa shape index (κ1) is 11.9. The fourth-order valence-electron chi connectivity index (χ4n) is 1.98. The number of nitrogens with zero attached hydrogens (tertiary/aromatic N) is 4. The number of aromatic nitrogens is 4. The lowest BCUT2D eigenvalue weighted by Gasteiger charge is -2.15. The Morgan fingerprint density at radius 1 is 1.47 bits per heavy atom. The molecule has 0 radical (unpaired) electrons. The molecule has 0 fully saturated rings. The summed E-state index contributed by atoms with van der Waals surface area (Å²) in [5, 5.41) is 11.4. The van der Waals surface area contributed by atoms with Gasteiger partial charge in [0.15, 0.2) is 5.82 Å². The molecular weight excluding hydrogens is 214 g/mol. The molecule has 5 nitrogen and oxygen atoms in total. The van der Waals surface area contributed by atoms with Gasteiger partial charge in [-0.25, -0.2) is 0 Å². The highest BCUT2D eigenvalue weighted by Crippen LogP contribution is 2.14. The predicted octanol–water partition coefficient (Wildman–Crippen LogP) is 1.34. The molecule has 1 N–H and O–H groups in total. The van der Waals surface area contributed by atoms with Gasteiger partial charge in [-0.15, -0.1) is 10.2 Å². The zero-order valence-electron chi connectivity index (χ0n) is 10.6. The molecule has 0 amide bonds. The minimum absolute atomic E-state index is 0.350. The zero-order chi connectivity index (χ0) is 12.3. The van der Waals surface area contributed by atoms with Gasteiger partial charge in [0, 0.05) is 25.0 Å². The van der Waals surface area contributed by atoms with Crippen molar-refractivity contribution in [2.24, 2.45) is 7.05 Å². The number of hydrogen-bond acceptors (Lipinski definition) is 3. The van der Waals surface area contributed by atoms with Crippen LogP contribution in [0, 0.1) is 0 Å². The van der Waals surface area contributed by atoms with Crippen LogP contribution in [0.4, 0.5) is 0 Å². The van der Waals surface area contributed by atoms with E-state index in [4.69, 9.17) is 0 Å². The third kappa shape index (κ3) is 2.55. The maximum atomic E-state index is 4.11. The summed E-state index contributed by atoms with van der Waals surface area (Å²) in [5.41, 5.74) is 1.27. The number of rotatable bonds is 5. The molecule has 1 unspecified atom stereocenters. The first-order valence-corrected chi connectivity index (χ1v) is 5.93. The topological polar surface area (TPSA) is 47.7 Å². The molecule has 0 saturated heterocycles. The Balaban J connectivity index is 2.17. The van der Waals surface area contributed by atoms with Crippen LogP contribution in [0.3, 0.4) is 0 Å². The molecule has 0 aliphatic carbocycles. The molecule has 0 aliphatic rings. The van der Waals surface area contributed by atoms with E-state index in [9.17, 15) is 0 Å². The Hall–Kier alpha value is -1.62. The molecule has 0 spiro atoms. The minimum atomic E-state index is 0.350. The SMILES string of the molecule is CCNC(C)c1cccn1Cc1nncn1C. The van der Waals surface area contributed by atoms with E-state index in [-0.39, 0.29) is 0 Å². The molecule has 1 atom stereocenters. The molecule has 0 saturated carbocycles. The second-order valence-corrected chi connectivity index (χ2v) is 4.20. The van der Waals surface area contributed by atoms with Crippen LogP contribution in [-0.2, 0) is 13.6 Å².